The molecule has 0 N–H and O–H groups in total. The second kappa shape index (κ2) is 4.83. The van der Waals surface area contributed by atoms with Gasteiger partial charge in [-0.3, -0.25) is 0 Å². The molecule has 0 aliphatic carbocycles. The maximum Gasteiger partial charge on any atom is 0.353 e. The lowest BCUT2D eigenvalue weighted by molar-refractivity contribution is -0.129. The molecule has 0 amide bonds. The van der Waals surface area contributed by atoms with Crippen LogP contribution < -0.4 is 4.74 Å². The molecule has 70 valence electrons. The number of hydrogen-bond acceptors (Lipinski definition) is 3. The minimum Gasteiger partial charge on any atom is -0.422 e. The number of nitriles is 1. The molecule has 1 rings (SSSR count). The molecule has 14 heavy (non-hydrogen) atoms. The van der Waals surface area contributed by atoms with Crippen LogP contribution in [0.25, 0.3) is 0 Å². The van der Waals surface area contributed by atoms with Crippen LogP contribution in [0.2, 0.25) is 0 Å². The van der Waals surface area contributed by atoms with E-state index in [1.807, 2.05) is 6.07 Å². The Labute approximate surface area is 82.2 Å². The van der Waals surface area contributed by atoms with Gasteiger partial charge in [0.25, 0.3) is 0 Å². The molecule has 0 fully saturated rings. The Morgan fingerprint density at radius 3 is 2.57 bits per heavy atom. The average molecular weight is 187 g/mol. The van der Waals surface area contributed by atoms with Crippen LogP contribution in [0.4, 0.5) is 0 Å². The van der Waals surface area contributed by atoms with Crippen LogP contribution in [-0.4, -0.2) is 5.97 Å². The monoisotopic (exact) mass is 187 g/mol. The van der Waals surface area contributed by atoms with E-state index in [0.29, 0.717) is 5.75 Å². The summed E-state index contributed by atoms with van der Waals surface area (Å²) in [6.07, 6.45) is 1.42. The van der Waals surface area contributed by atoms with Gasteiger partial charge in [0.05, 0.1) is 0 Å². The number of nitrogens with zero attached hydrogens (tertiary/aromatic N) is 1. The maximum absolute atomic E-state index is 11.3. The fourth-order valence-electron chi connectivity index (χ4n) is 0.879. The van der Waals surface area contributed by atoms with Gasteiger partial charge in [0.15, 0.2) is 0 Å². The third kappa shape index (κ3) is 2.46. The molecular formula is C11H9NO2. The average Bonchev–Trinajstić information content (AvgIpc) is 2.21. The van der Waals surface area contributed by atoms with Crippen molar-refractivity contribution in [1.29, 1.82) is 5.26 Å². The summed E-state index contributed by atoms with van der Waals surface area (Å²) in [7, 11) is 0. The molecule has 0 aliphatic heterocycles. The first-order valence-electron chi connectivity index (χ1n) is 4.11. The van der Waals surface area contributed by atoms with Crippen LogP contribution in [0, 0.1) is 11.3 Å². The minimum atomic E-state index is -0.624. The van der Waals surface area contributed by atoms with Crippen molar-refractivity contribution in [2.75, 3.05) is 0 Å². The van der Waals surface area contributed by atoms with Crippen LogP contribution in [0.15, 0.2) is 42.0 Å². The number of benzene rings is 1. The molecular weight excluding hydrogens is 178 g/mol. The van der Waals surface area contributed by atoms with Crippen LogP contribution >= 0.6 is 0 Å². The Hall–Kier alpha value is -2.08. The predicted molar refractivity (Wildman–Crippen MR) is 51.4 cm³/mol. The molecule has 0 saturated heterocycles. The summed E-state index contributed by atoms with van der Waals surface area (Å²) >= 11 is 0. The predicted octanol–water partition coefficient (Wildman–Crippen LogP) is 2.06. The quantitative estimate of drug-likeness (QED) is 0.308. The van der Waals surface area contributed by atoms with E-state index in [2.05, 4.69) is 0 Å². The zero-order valence-corrected chi connectivity index (χ0v) is 7.73. The largest absolute Gasteiger partial charge is 0.422 e. The Bertz CT molecular complexity index is 387. The summed E-state index contributed by atoms with van der Waals surface area (Å²) < 4.78 is 4.93. The van der Waals surface area contributed by atoms with Gasteiger partial charge >= 0.3 is 5.97 Å². The van der Waals surface area contributed by atoms with Crippen molar-refractivity contribution in [1.82, 2.24) is 0 Å². The Balaban J connectivity index is 2.73. The number of para-hydroxylation sites is 1. The first kappa shape index (κ1) is 10.0. The zero-order valence-electron chi connectivity index (χ0n) is 7.73. The molecule has 3 nitrogen and oxygen atoms in total. The first-order valence-corrected chi connectivity index (χ1v) is 4.11. The number of carbonyl (C=O) groups is 1. The molecule has 1 aromatic rings. The molecule has 0 saturated carbocycles. The number of ether oxygens (including phenoxy) is 1. The highest BCUT2D eigenvalue weighted by molar-refractivity contribution is 5.94. The van der Waals surface area contributed by atoms with Gasteiger partial charge in [-0.15, -0.1) is 0 Å². The number of rotatable bonds is 2. The summed E-state index contributed by atoms with van der Waals surface area (Å²) in [6.45, 7) is 1.62. The summed E-state index contributed by atoms with van der Waals surface area (Å²) in [4.78, 5) is 11.3. The van der Waals surface area contributed by atoms with Crippen molar-refractivity contribution in [3.8, 4) is 11.8 Å². The fraction of sp³-hybridized carbons (Fsp3) is 0.0909. The topological polar surface area (TPSA) is 50.1 Å². The highest BCUT2D eigenvalue weighted by atomic mass is 16.5. The molecule has 0 aromatic heterocycles. The zero-order chi connectivity index (χ0) is 10.4. The summed E-state index contributed by atoms with van der Waals surface area (Å²) in [5, 5.41) is 8.56. The minimum absolute atomic E-state index is 0.00820. The highest BCUT2D eigenvalue weighted by Crippen LogP contribution is 2.10. The Kier molecular flexibility index (Phi) is 3.45. The lowest BCUT2D eigenvalue weighted by Crippen LogP contribution is -2.09. The summed E-state index contributed by atoms with van der Waals surface area (Å²) in [6, 6.07) is 10.4. The van der Waals surface area contributed by atoms with Gasteiger partial charge in [-0.2, -0.15) is 5.26 Å². The molecule has 3 heteroatoms. The normalized spacial score (nSPS) is 10.4. The summed E-state index contributed by atoms with van der Waals surface area (Å²) in [5.74, 6) is -0.187. The second-order valence-corrected chi connectivity index (χ2v) is 2.52. The van der Waals surface area contributed by atoms with E-state index < -0.39 is 5.97 Å². The number of carbonyl (C=O) groups excluding carboxylic acids is 1. The maximum atomic E-state index is 11.3. The third-order valence-electron chi connectivity index (χ3n) is 1.58. The molecule has 0 radical (unpaired) electrons. The molecule has 0 spiro atoms. The van der Waals surface area contributed by atoms with Gasteiger partial charge in [0.1, 0.15) is 17.4 Å². The standard InChI is InChI=1S/C11H9NO2/c1-2-9(8-12)11(13)14-10-6-4-3-5-7-10/h2-7H,1H3. The lowest BCUT2D eigenvalue weighted by atomic mass is 10.3. The lowest BCUT2D eigenvalue weighted by Gasteiger charge is -2.01. The Morgan fingerprint density at radius 2 is 2.07 bits per heavy atom. The molecule has 0 bridgehead atoms. The van der Waals surface area contributed by atoms with Gasteiger partial charge in [0.2, 0.25) is 0 Å². The van der Waals surface area contributed by atoms with Gasteiger partial charge in [0, 0.05) is 0 Å². The van der Waals surface area contributed by atoms with Crippen molar-refractivity contribution < 1.29 is 9.53 Å². The van der Waals surface area contributed by atoms with Crippen LogP contribution in [0.3, 0.4) is 0 Å². The van der Waals surface area contributed by atoms with Crippen LogP contribution in [-0.2, 0) is 4.79 Å². The van der Waals surface area contributed by atoms with Crippen molar-refractivity contribution in [3.05, 3.63) is 42.0 Å². The number of hydrogen-bond donors (Lipinski definition) is 0. The SMILES string of the molecule is CC=C(C#N)C(=O)Oc1ccccc1. The highest BCUT2D eigenvalue weighted by Gasteiger charge is 2.09. The Morgan fingerprint density at radius 1 is 1.43 bits per heavy atom. The van der Waals surface area contributed by atoms with E-state index in [4.69, 9.17) is 10.00 Å². The molecule has 1 aromatic carbocycles. The van der Waals surface area contributed by atoms with Crippen molar-refractivity contribution in [2.45, 2.75) is 6.92 Å². The smallest absolute Gasteiger partial charge is 0.353 e. The molecule has 0 aliphatic rings. The van der Waals surface area contributed by atoms with E-state index in [1.54, 1.807) is 37.3 Å². The van der Waals surface area contributed by atoms with Crippen molar-refractivity contribution >= 4 is 5.97 Å². The van der Waals surface area contributed by atoms with E-state index in [0.717, 1.165) is 0 Å². The molecule has 0 atom stereocenters. The van der Waals surface area contributed by atoms with Crippen LogP contribution in [0.5, 0.6) is 5.75 Å². The van der Waals surface area contributed by atoms with E-state index in [9.17, 15) is 4.79 Å². The van der Waals surface area contributed by atoms with Gasteiger partial charge in [-0.1, -0.05) is 24.3 Å². The molecule has 0 heterocycles. The molecule has 0 unspecified atom stereocenters. The third-order valence-corrected chi connectivity index (χ3v) is 1.58. The van der Waals surface area contributed by atoms with E-state index in [1.165, 1.54) is 6.08 Å². The number of allylic oxidation sites excluding steroid dienone is 1. The van der Waals surface area contributed by atoms with Gasteiger partial charge < -0.3 is 4.74 Å². The number of esters is 1. The first-order chi connectivity index (χ1) is 6.77. The van der Waals surface area contributed by atoms with Gasteiger partial charge in [-0.25, -0.2) is 4.79 Å². The summed E-state index contributed by atoms with van der Waals surface area (Å²) in [5.41, 5.74) is 0.00820. The van der Waals surface area contributed by atoms with E-state index in [-0.39, 0.29) is 5.57 Å². The fourth-order valence-corrected chi connectivity index (χ4v) is 0.879. The second-order valence-electron chi connectivity index (χ2n) is 2.52. The van der Waals surface area contributed by atoms with Gasteiger partial charge in [-0.05, 0) is 19.1 Å². The van der Waals surface area contributed by atoms with E-state index >= 15 is 0 Å². The van der Waals surface area contributed by atoms with Crippen LogP contribution in [0.1, 0.15) is 6.92 Å². The van der Waals surface area contributed by atoms with Crippen molar-refractivity contribution in [2.24, 2.45) is 0 Å². The van der Waals surface area contributed by atoms with Crippen molar-refractivity contribution in [3.63, 3.8) is 0 Å².